The molecule has 0 heterocycles. The molecule has 2 aromatic carbocycles. The molecule has 0 spiro atoms. The van der Waals surface area contributed by atoms with Gasteiger partial charge in [0, 0.05) is 22.6 Å². The van der Waals surface area contributed by atoms with E-state index in [9.17, 15) is 0 Å². The maximum Gasteiger partial charge on any atom is 0.0453 e. The van der Waals surface area contributed by atoms with E-state index in [4.69, 9.17) is 23.2 Å². The minimum atomic E-state index is 0.217. The van der Waals surface area contributed by atoms with Crippen molar-refractivity contribution in [2.45, 2.75) is 19.5 Å². The van der Waals surface area contributed by atoms with E-state index >= 15 is 0 Å². The van der Waals surface area contributed by atoms with E-state index in [-0.39, 0.29) is 6.04 Å². The molecule has 0 aliphatic heterocycles. The van der Waals surface area contributed by atoms with Crippen LogP contribution in [0.15, 0.2) is 48.5 Å². The molecule has 0 fully saturated rings. The van der Waals surface area contributed by atoms with Gasteiger partial charge in [-0.15, -0.1) is 0 Å². The summed E-state index contributed by atoms with van der Waals surface area (Å²) in [5, 5.41) is 5.01. The van der Waals surface area contributed by atoms with Crippen molar-refractivity contribution in [3.05, 3.63) is 69.7 Å². The molecule has 94 valence electrons. The highest BCUT2D eigenvalue weighted by molar-refractivity contribution is 6.31. The molecule has 0 aliphatic rings. The van der Waals surface area contributed by atoms with Gasteiger partial charge in [0.2, 0.25) is 0 Å². The van der Waals surface area contributed by atoms with Crippen LogP contribution in [-0.4, -0.2) is 0 Å². The van der Waals surface area contributed by atoms with E-state index in [0.29, 0.717) is 0 Å². The first kappa shape index (κ1) is 13.4. The largest absolute Gasteiger partial charge is 0.306 e. The zero-order chi connectivity index (χ0) is 13.0. The van der Waals surface area contributed by atoms with Crippen molar-refractivity contribution >= 4 is 23.2 Å². The van der Waals surface area contributed by atoms with Crippen LogP contribution in [-0.2, 0) is 6.54 Å². The van der Waals surface area contributed by atoms with Crippen molar-refractivity contribution in [2.24, 2.45) is 0 Å². The molecule has 18 heavy (non-hydrogen) atoms. The Morgan fingerprint density at radius 1 is 1.00 bits per heavy atom. The smallest absolute Gasteiger partial charge is 0.0453 e. The predicted octanol–water partition coefficient (Wildman–Crippen LogP) is 4.84. The highest BCUT2D eigenvalue weighted by atomic mass is 35.5. The van der Waals surface area contributed by atoms with Gasteiger partial charge in [-0.2, -0.15) is 0 Å². The van der Waals surface area contributed by atoms with Crippen molar-refractivity contribution in [1.82, 2.24) is 5.32 Å². The van der Waals surface area contributed by atoms with Gasteiger partial charge in [-0.25, -0.2) is 0 Å². The number of hydrogen-bond donors (Lipinski definition) is 1. The standard InChI is InChI=1S/C15H15Cl2N/c1-11(14-4-2-3-5-15(14)17)18-10-12-6-8-13(16)9-7-12/h2-9,11,18H,10H2,1H3/t11-/m0/s1. The Morgan fingerprint density at radius 2 is 1.67 bits per heavy atom. The Bertz CT molecular complexity index is 508. The van der Waals surface area contributed by atoms with E-state index < -0.39 is 0 Å². The van der Waals surface area contributed by atoms with Gasteiger partial charge in [-0.1, -0.05) is 53.5 Å². The minimum Gasteiger partial charge on any atom is -0.306 e. The molecule has 2 rings (SSSR count). The van der Waals surface area contributed by atoms with Crippen molar-refractivity contribution in [1.29, 1.82) is 0 Å². The van der Waals surface area contributed by atoms with Crippen molar-refractivity contribution in [3.8, 4) is 0 Å². The van der Waals surface area contributed by atoms with Crippen LogP contribution in [0.25, 0.3) is 0 Å². The maximum absolute atomic E-state index is 6.16. The second-order valence-electron chi connectivity index (χ2n) is 4.25. The second-order valence-corrected chi connectivity index (χ2v) is 5.09. The summed E-state index contributed by atoms with van der Waals surface area (Å²) in [7, 11) is 0. The zero-order valence-corrected chi connectivity index (χ0v) is 11.7. The number of hydrogen-bond acceptors (Lipinski definition) is 1. The summed E-state index contributed by atoms with van der Waals surface area (Å²) in [5.41, 5.74) is 2.33. The summed E-state index contributed by atoms with van der Waals surface area (Å²) in [4.78, 5) is 0. The Kier molecular flexibility index (Phi) is 4.65. The van der Waals surface area contributed by atoms with Gasteiger partial charge in [-0.3, -0.25) is 0 Å². The highest BCUT2D eigenvalue weighted by Crippen LogP contribution is 2.22. The van der Waals surface area contributed by atoms with Crippen LogP contribution < -0.4 is 5.32 Å². The van der Waals surface area contributed by atoms with Crippen LogP contribution in [0.3, 0.4) is 0 Å². The van der Waals surface area contributed by atoms with Crippen LogP contribution in [0.2, 0.25) is 10.0 Å². The third-order valence-electron chi connectivity index (χ3n) is 2.90. The zero-order valence-electron chi connectivity index (χ0n) is 10.2. The normalized spacial score (nSPS) is 12.4. The third kappa shape index (κ3) is 3.49. The highest BCUT2D eigenvalue weighted by Gasteiger charge is 2.07. The summed E-state index contributed by atoms with van der Waals surface area (Å²) in [6.45, 7) is 2.90. The lowest BCUT2D eigenvalue weighted by atomic mass is 10.1. The van der Waals surface area contributed by atoms with Gasteiger partial charge in [0.05, 0.1) is 0 Å². The van der Waals surface area contributed by atoms with E-state index in [1.54, 1.807) is 0 Å². The molecule has 0 aliphatic carbocycles. The van der Waals surface area contributed by atoms with Crippen LogP contribution >= 0.6 is 23.2 Å². The average molecular weight is 280 g/mol. The summed E-state index contributed by atoms with van der Waals surface area (Å²) in [6.07, 6.45) is 0. The monoisotopic (exact) mass is 279 g/mol. The number of nitrogens with one attached hydrogen (secondary N) is 1. The molecule has 0 saturated heterocycles. The Morgan fingerprint density at radius 3 is 2.33 bits per heavy atom. The SMILES string of the molecule is C[C@H](NCc1ccc(Cl)cc1)c1ccccc1Cl. The lowest BCUT2D eigenvalue weighted by Crippen LogP contribution is -2.18. The molecule has 0 unspecified atom stereocenters. The van der Waals surface area contributed by atoms with E-state index in [2.05, 4.69) is 12.2 Å². The van der Waals surface area contributed by atoms with Gasteiger partial charge in [0.15, 0.2) is 0 Å². The van der Waals surface area contributed by atoms with Crippen molar-refractivity contribution < 1.29 is 0 Å². The van der Waals surface area contributed by atoms with Crippen LogP contribution in [0.4, 0.5) is 0 Å². The number of rotatable bonds is 4. The van der Waals surface area contributed by atoms with Crippen molar-refractivity contribution in [2.75, 3.05) is 0 Å². The fraction of sp³-hybridized carbons (Fsp3) is 0.200. The number of halogens is 2. The third-order valence-corrected chi connectivity index (χ3v) is 3.49. The van der Waals surface area contributed by atoms with Crippen LogP contribution in [0.1, 0.15) is 24.1 Å². The molecule has 0 radical (unpaired) electrons. The quantitative estimate of drug-likeness (QED) is 0.844. The van der Waals surface area contributed by atoms with Gasteiger partial charge in [-0.05, 0) is 36.2 Å². The molecular weight excluding hydrogens is 265 g/mol. The average Bonchev–Trinajstić information content (AvgIpc) is 2.38. The Hall–Kier alpha value is -1.02. The molecule has 0 bridgehead atoms. The lowest BCUT2D eigenvalue weighted by molar-refractivity contribution is 0.575. The van der Waals surface area contributed by atoms with Gasteiger partial charge in [0.25, 0.3) is 0 Å². The fourth-order valence-electron chi connectivity index (χ4n) is 1.81. The molecule has 0 saturated carbocycles. The summed E-state index contributed by atoms with van der Waals surface area (Å²) in [5.74, 6) is 0. The topological polar surface area (TPSA) is 12.0 Å². The van der Waals surface area contributed by atoms with Gasteiger partial charge < -0.3 is 5.32 Å². The molecule has 3 heteroatoms. The van der Waals surface area contributed by atoms with E-state index in [1.807, 2.05) is 48.5 Å². The summed E-state index contributed by atoms with van der Waals surface area (Å²) in [6, 6.07) is 16.0. The summed E-state index contributed by atoms with van der Waals surface area (Å²) >= 11 is 12.0. The lowest BCUT2D eigenvalue weighted by Gasteiger charge is -2.15. The number of benzene rings is 2. The molecule has 1 nitrogen and oxygen atoms in total. The van der Waals surface area contributed by atoms with E-state index in [1.165, 1.54) is 5.56 Å². The van der Waals surface area contributed by atoms with Crippen LogP contribution in [0.5, 0.6) is 0 Å². The van der Waals surface area contributed by atoms with Gasteiger partial charge in [0.1, 0.15) is 0 Å². The molecule has 0 amide bonds. The molecule has 1 N–H and O–H groups in total. The predicted molar refractivity (Wildman–Crippen MR) is 78.2 cm³/mol. The second kappa shape index (κ2) is 6.24. The molecular formula is C15H15Cl2N. The van der Waals surface area contributed by atoms with E-state index in [0.717, 1.165) is 22.2 Å². The Balaban J connectivity index is 1.98. The maximum atomic E-state index is 6.16. The van der Waals surface area contributed by atoms with Gasteiger partial charge >= 0.3 is 0 Å². The molecule has 1 atom stereocenters. The van der Waals surface area contributed by atoms with Crippen LogP contribution in [0, 0.1) is 0 Å². The fourth-order valence-corrected chi connectivity index (χ4v) is 2.23. The molecule has 2 aromatic rings. The first-order valence-corrected chi connectivity index (χ1v) is 6.64. The first-order chi connectivity index (χ1) is 8.66. The molecule has 0 aromatic heterocycles. The Labute approximate surface area is 118 Å². The minimum absolute atomic E-state index is 0.217. The van der Waals surface area contributed by atoms with Crippen molar-refractivity contribution in [3.63, 3.8) is 0 Å². The first-order valence-electron chi connectivity index (χ1n) is 5.89. The summed E-state index contributed by atoms with van der Waals surface area (Å²) < 4.78 is 0.